The smallest absolute Gasteiger partial charge is 0.293 e. The Balaban J connectivity index is 1.40. The molecule has 0 saturated carbocycles. The van der Waals surface area contributed by atoms with E-state index in [1.54, 1.807) is 6.08 Å². The Bertz CT molecular complexity index is 1470. The molecule has 4 aromatic carbocycles. The van der Waals surface area contributed by atoms with Gasteiger partial charge in [0.2, 0.25) is 0 Å². The van der Waals surface area contributed by atoms with Gasteiger partial charge in [0, 0.05) is 9.13 Å². The van der Waals surface area contributed by atoms with Crippen LogP contribution in [0.3, 0.4) is 0 Å². The quantitative estimate of drug-likeness (QED) is 0.152. The lowest BCUT2D eigenvalue weighted by Crippen LogP contribution is -2.27. The topological polar surface area (TPSA) is 46.6 Å². The van der Waals surface area contributed by atoms with Gasteiger partial charge in [-0.3, -0.25) is 14.5 Å². The highest BCUT2D eigenvalue weighted by Crippen LogP contribution is 2.37. The summed E-state index contributed by atoms with van der Waals surface area (Å²) >= 11 is 5.47. The number of benzene rings is 4. The van der Waals surface area contributed by atoms with Gasteiger partial charge in [0.25, 0.3) is 11.1 Å². The molecule has 0 aliphatic carbocycles. The van der Waals surface area contributed by atoms with Crippen molar-refractivity contribution in [2.75, 3.05) is 0 Å². The average Bonchev–Trinajstić information content (AvgIpc) is 3.11. The summed E-state index contributed by atoms with van der Waals surface area (Å²) in [5, 5.41) is 1.95. The van der Waals surface area contributed by atoms with Crippen molar-refractivity contribution in [1.82, 2.24) is 4.90 Å². The fourth-order valence-electron chi connectivity index (χ4n) is 3.87. The highest BCUT2D eigenvalue weighted by molar-refractivity contribution is 14.1. The summed E-state index contributed by atoms with van der Waals surface area (Å²) in [5.41, 5.74) is 2.76. The molecule has 0 unspecified atom stereocenters. The summed E-state index contributed by atoms with van der Waals surface area (Å²) in [6.07, 6.45) is 1.77. The van der Waals surface area contributed by atoms with E-state index in [9.17, 15) is 9.59 Å². The number of fused-ring (bicyclic) bond motifs is 1. The predicted molar refractivity (Wildman–Crippen MR) is 158 cm³/mol. The average molecular weight is 703 g/mol. The second-order valence-corrected chi connectivity index (χ2v) is 11.4. The van der Waals surface area contributed by atoms with Crippen molar-refractivity contribution in [3.05, 3.63) is 114 Å². The van der Waals surface area contributed by atoms with E-state index in [0.29, 0.717) is 17.3 Å². The van der Waals surface area contributed by atoms with E-state index in [4.69, 9.17) is 4.74 Å². The zero-order valence-corrected chi connectivity index (χ0v) is 23.5. The molecule has 1 fully saturated rings. The first-order valence-electron chi connectivity index (χ1n) is 10.9. The third-order valence-electron chi connectivity index (χ3n) is 5.58. The molecule has 0 radical (unpaired) electrons. The van der Waals surface area contributed by atoms with Crippen LogP contribution in [-0.2, 0) is 17.9 Å². The second kappa shape index (κ2) is 10.7. The van der Waals surface area contributed by atoms with Crippen LogP contribution < -0.4 is 4.74 Å². The number of carbonyl (C=O) groups excluding carboxylic acids is 2. The lowest BCUT2D eigenvalue weighted by molar-refractivity contribution is -0.123. The lowest BCUT2D eigenvalue weighted by atomic mass is 10.1. The van der Waals surface area contributed by atoms with Crippen LogP contribution in [0.4, 0.5) is 4.79 Å². The van der Waals surface area contributed by atoms with Crippen LogP contribution in [0, 0.1) is 7.14 Å². The Hall–Kier alpha value is -2.37. The molecule has 0 N–H and O–H groups in total. The number of hydrogen-bond donors (Lipinski definition) is 0. The molecule has 0 atom stereocenters. The Morgan fingerprint density at radius 2 is 1.57 bits per heavy atom. The molecule has 4 nitrogen and oxygen atoms in total. The van der Waals surface area contributed by atoms with Crippen molar-refractivity contribution in [3.8, 4) is 5.75 Å². The lowest BCUT2D eigenvalue weighted by Gasteiger charge is -2.14. The molecule has 35 heavy (non-hydrogen) atoms. The zero-order chi connectivity index (χ0) is 24.4. The minimum atomic E-state index is -0.281. The van der Waals surface area contributed by atoms with Crippen molar-refractivity contribution >= 4 is 84.9 Å². The fraction of sp³-hybridized carbons (Fsp3) is 0.0714. The van der Waals surface area contributed by atoms with Gasteiger partial charge in [-0.2, -0.15) is 0 Å². The van der Waals surface area contributed by atoms with Crippen LogP contribution in [0.1, 0.15) is 16.7 Å². The Morgan fingerprint density at radius 1 is 0.829 bits per heavy atom. The van der Waals surface area contributed by atoms with Crippen LogP contribution in [0.2, 0.25) is 0 Å². The number of ether oxygens (including phenoxy) is 1. The van der Waals surface area contributed by atoms with Crippen molar-refractivity contribution in [1.29, 1.82) is 0 Å². The largest absolute Gasteiger partial charge is 0.487 e. The third-order valence-corrected chi connectivity index (χ3v) is 7.91. The van der Waals surface area contributed by atoms with E-state index in [1.807, 2.05) is 84.9 Å². The maximum atomic E-state index is 13.2. The first-order valence-corrected chi connectivity index (χ1v) is 13.8. The molecule has 174 valence electrons. The van der Waals surface area contributed by atoms with Crippen molar-refractivity contribution in [2.24, 2.45) is 0 Å². The maximum Gasteiger partial charge on any atom is 0.293 e. The van der Waals surface area contributed by atoms with Gasteiger partial charge in [0.1, 0.15) is 12.4 Å². The molecule has 1 saturated heterocycles. The number of imide groups is 1. The van der Waals surface area contributed by atoms with Crippen LogP contribution in [0.15, 0.2) is 89.8 Å². The fourth-order valence-corrected chi connectivity index (χ4v) is 6.74. The van der Waals surface area contributed by atoms with Gasteiger partial charge in [0.15, 0.2) is 0 Å². The number of thioether (sulfide) groups is 1. The Kier molecular flexibility index (Phi) is 7.45. The molecule has 1 heterocycles. The highest BCUT2D eigenvalue weighted by atomic mass is 127. The van der Waals surface area contributed by atoms with E-state index in [2.05, 4.69) is 45.2 Å². The van der Waals surface area contributed by atoms with Gasteiger partial charge in [0.05, 0.1) is 15.0 Å². The molecule has 0 spiro atoms. The van der Waals surface area contributed by atoms with Gasteiger partial charge in [-0.1, -0.05) is 66.7 Å². The minimum absolute atomic E-state index is 0.244. The molecule has 0 bridgehead atoms. The monoisotopic (exact) mass is 703 g/mol. The molecular formula is C28H19I2NO3S. The number of amides is 2. The summed E-state index contributed by atoms with van der Waals surface area (Å²) in [5.74, 6) is 0.423. The second-order valence-electron chi connectivity index (χ2n) is 8.03. The number of rotatable bonds is 6. The Labute approximate surface area is 235 Å². The van der Waals surface area contributed by atoms with E-state index in [-0.39, 0.29) is 17.7 Å². The van der Waals surface area contributed by atoms with E-state index in [0.717, 1.165) is 46.4 Å². The molecular weight excluding hydrogens is 684 g/mol. The summed E-state index contributed by atoms with van der Waals surface area (Å²) in [7, 11) is 0. The third kappa shape index (κ3) is 5.57. The number of carbonyl (C=O) groups is 2. The predicted octanol–water partition coefficient (Wildman–Crippen LogP) is 7.86. The standard InChI is InChI=1S/C28H19I2NO3S/c29-23-13-22(26(24(30)15-23)34-17-18-6-2-1-3-7-18)14-25-27(32)31(28(33)35-25)16-19-10-11-20-8-4-5-9-21(20)12-19/h1-15H,16-17H2/b25-14-. The van der Waals surface area contributed by atoms with Gasteiger partial charge in [-0.05, 0) is 103 Å². The molecule has 1 aliphatic heterocycles. The van der Waals surface area contributed by atoms with E-state index < -0.39 is 0 Å². The normalized spacial score (nSPS) is 14.8. The molecule has 5 rings (SSSR count). The Morgan fingerprint density at radius 3 is 2.37 bits per heavy atom. The zero-order valence-electron chi connectivity index (χ0n) is 18.4. The maximum absolute atomic E-state index is 13.2. The first-order chi connectivity index (χ1) is 17.0. The van der Waals surface area contributed by atoms with Crippen LogP contribution >= 0.6 is 56.9 Å². The van der Waals surface area contributed by atoms with Crippen molar-refractivity contribution in [2.45, 2.75) is 13.2 Å². The van der Waals surface area contributed by atoms with Crippen molar-refractivity contribution < 1.29 is 14.3 Å². The van der Waals surface area contributed by atoms with Gasteiger partial charge in [-0.15, -0.1) is 0 Å². The van der Waals surface area contributed by atoms with E-state index >= 15 is 0 Å². The molecule has 7 heteroatoms. The van der Waals surface area contributed by atoms with Gasteiger partial charge in [-0.25, -0.2) is 0 Å². The van der Waals surface area contributed by atoms with Crippen LogP contribution in [-0.4, -0.2) is 16.0 Å². The first kappa shape index (κ1) is 24.3. The van der Waals surface area contributed by atoms with E-state index in [1.165, 1.54) is 4.90 Å². The van der Waals surface area contributed by atoms with Crippen LogP contribution in [0.5, 0.6) is 5.75 Å². The summed E-state index contributed by atoms with van der Waals surface area (Å²) in [4.78, 5) is 27.7. The molecule has 2 amide bonds. The number of nitrogens with zero attached hydrogens (tertiary/aromatic N) is 1. The molecule has 4 aromatic rings. The number of hydrogen-bond acceptors (Lipinski definition) is 4. The van der Waals surface area contributed by atoms with Crippen LogP contribution in [0.25, 0.3) is 16.8 Å². The highest BCUT2D eigenvalue weighted by Gasteiger charge is 2.35. The molecule has 0 aromatic heterocycles. The summed E-state index contributed by atoms with van der Waals surface area (Å²) in [6, 6.07) is 28.0. The summed E-state index contributed by atoms with van der Waals surface area (Å²) < 4.78 is 8.15. The van der Waals surface area contributed by atoms with Crippen molar-refractivity contribution in [3.63, 3.8) is 0 Å². The molecule has 1 aliphatic rings. The van der Waals surface area contributed by atoms with Gasteiger partial charge < -0.3 is 4.74 Å². The number of halogens is 2. The summed E-state index contributed by atoms with van der Waals surface area (Å²) in [6.45, 7) is 0.662. The SMILES string of the molecule is O=C1S/C(=C\c2cc(I)cc(I)c2OCc2ccccc2)C(=O)N1Cc1ccc2ccccc2c1. The minimum Gasteiger partial charge on any atom is -0.487 e. The van der Waals surface area contributed by atoms with Gasteiger partial charge >= 0.3 is 0 Å².